The third-order valence-corrected chi connectivity index (χ3v) is 4.40. The summed E-state index contributed by atoms with van der Waals surface area (Å²) in [6.45, 7) is 1.78. The van der Waals surface area contributed by atoms with Crippen LogP contribution in [-0.4, -0.2) is 27.6 Å². The van der Waals surface area contributed by atoms with Gasteiger partial charge in [-0.1, -0.05) is 6.07 Å². The van der Waals surface area contributed by atoms with Crippen molar-refractivity contribution in [3.05, 3.63) is 36.2 Å². The number of nitrogen functional groups attached to an aromatic ring is 1. The Morgan fingerprint density at radius 1 is 1.33 bits per heavy atom. The first-order valence-corrected chi connectivity index (χ1v) is 7.63. The van der Waals surface area contributed by atoms with Crippen molar-refractivity contribution >= 4 is 27.3 Å². The van der Waals surface area contributed by atoms with Crippen LogP contribution < -0.4 is 10.5 Å². The molecule has 0 spiro atoms. The van der Waals surface area contributed by atoms with Crippen LogP contribution in [0.4, 0.5) is 11.6 Å². The number of rotatable bonds is 3. The first-order valence-electron chi connectivity index (χ1n) is 6.14. The van der Waals surface area contributed by atoms with Gasteiger partial charge >= 0.3 is 0 Å². The lowest BCUT2D eigenvalue weighted by atomic mass is 10.5. The van der Waals surface area contributed by atoms with Gasteiger partial charge in [-0.15, -0.1) is 0 Å². The van der Waals surface area contributed by atoms with Gasteiger partial charge < -0.3 is 5.73 Å². The summed E-state index contributed by atoms with van der Waals surface area (Å²) < 4.78 is 30.5. The van der Waals surface area contributed by atoms with E-state index in [1.165, 1.54) is 9.08 Å². The molecule has 3 N–H and O–H groups in total. The Balaban J connectivity index is 2.12. The fraction of sp³-hybridized carbons (Fsp3) is 0.167. The molecule has 0 radical (unpaired) electrons. The van der Waals surface area contributed by atoms with Gasteiger partial charge in [0, 0.05) is 19.3 Å². The van der Waals surface area contributed by atoms with E-state index >= 15 is 0 Å². The second-order valence-corrected chi connectivity index (χ2v) is 6.23. The Morgan fingerprint density at radius 3 is 2.76 bits per heavy atom. The Kier molecular flexibility index (Phi) is 2.87. The predicted molar refractivity (Wildman–Crippen MR) is 78.4 cm³/mol. The number of imidazole rings is 1. The van der Waals surface area contributed by atoms with Crippen LogP contribution in [0.3, 0.4) is 0 Å². The van der Waals surface area contributed by atoms with E-state index in [9.17, 15) is 8.42 Å². The van der Waals surface area contributed by atoms with Gasteiger partial charge in [0.25, 0.3) is 10.0 Å². The van der Waals surface area contributed by atoms with Gasteiger partial charge in [0.15, 0.2) is 5.82 Å². The summed E-state index contributed by atoms with van der Waals surface area (Å²) in [7, 11) is -2.22. The molecule has 110 valence electrons. The predicted octanol–water partition coefficient (Wildman–Crippen LogP) is 0.759. The number of nitrogens with zero attached hydrogens (tertiary/aromatic N) is 4. The highest BCUT2D eigenvalue weighted by atomic mass is 32.2. The molecule has 0 aliphatic heterocycles. The van der Waals surface area contributed by atoms with Crippen molar-refractivity contribution in [2.45, 2.75) is 11.9 Å². The monoisotopic (exact) mass is 306 g/mol. The minimum Gasteiger partial charge on any atom is -0.381 e. The summed E-state index contributed by atoms with van der Waals surface area (Å²) in [6.07, 6.45) is 1.60. The van der Waals surface area contributed by atoms with Crippen LogP contribution in [0.5, 0.6) is 0 Å². The number of pyridine rings is 1. The molecule has 0 saturated heterocycles. The van der Waals surface area contributed by atoms with Gasteiger partial charge in [0.2, 0.25) is 5.03 Å². The van der Waals surface area contributed by atoms with Crippen LogP contribution in [0.25, 0.3) is 5.65 Å². The molecule has 0 saturated carbocycles. The molecule has 21 heavy (non-hydrogen) atoms. The normalized spacial score (nSPS) is 11.9. The van der Waals surface area contributed by atoms with Crippen LogP contribution in [0.1, 0.15) is 5.69 Å². The molecule has 9 heteroatoms. The summed E-state index contributed by atoms with van der Waals surface area (Å²) in [6, 6.07) is 6.79. The first-order chi connectivity index (χ1) is 9.88. The Morgan fingerprint density at radius 2 is 2.10 bits per heavy atom. The quantitative estimate of drug-likeness (QED) is 0.743. The largest absolute Gasteiger partial charge is 0.381 e. The Labute approximate surface area is 121 Å². The maximum absolute atomic E-state index is 12.6. The van der Waals surface area contributed by atoms with Gasteiger partial charge in [-0.2, -0.15) is 13.5 Å². The van der Waals surface area contributed by atoms with E-state index in [1.54, 1.807) is 44.4 Å². The van der Waals surface area contributed by atoms with Crippen molar-refractivity contribution in [3.8, 4) is 0 Å². The maximum atomic E-state index is 12.6. The third-order valence-electron chi connectivity index (χ3n) is 3.01. The van der Waals surface area contributed by atoms with E-state index in [0.29, 0.717) is 17.2 Å². The minimum atomic E-state index is -3.87. The lowest BCUT2D eigenvalue weighted by Gasteiger charge is -2.08. The number of nitrogens with one attached hydrogen (secondary N) is 1. The van der Waals surface area contributed by atoms with Crippen molar-refractivity contribution in [1.29, 1.82) is 0 Å². The number of aryl methyl sites for hydroxylation is 2. The molecule has 3 heterocycles. The molecule has 0 aliphatic rings. The Hall–Kier alpha value is -2.55. The standard InChI is InChI=1S/C12H14N6O2S/c1-8-7-10(17(2)15-8)16-21(19,20)12-11(13)14-9-5-3-4-6-18(9)12/h3-7,16H,13H2,1-2H3. The van der Waals surface area contributed by atoms with Gasteiger partial charge in [0.05, 0.1) is 5.69 Å². The molecule has 0 aliphatic carbocycles. The number of hydrogen-bond donors (Lipinski definition) is 2. The van der Waals surface area contributed by atoms with Crippen LogP contribution >= 0.6 is 0 Å². The molecule has 3 aromatic rings. The molecule has 8 nitrogen and oxygen atoms in total. The summed E-state index contributed by atoms with van der Waals surface area (Å²) >= 11 is 0. The molecule has 0 unspecified atom stereocenters. The fourth-order valence-corrected chi connectivity index (χ4v) is 3.45. The van der Waals surface area contributed by atoms with Crippen molar-refractivity contribution in [3.63, 3.8) is 0 Å². The molecule has 3 rings (SSSR count). The second-order valence-electron chi connectivity index (χ2n) is 4.63. The van der Waals surface area contributed by atoms with Crippen LogP contribution in [0, 0.1) is 6.92 Å². The highest BCUT2D eigenvalue weighted by Gasteiger charge is 2.25. The van der Waals surface area contributed by atoms with E-state index in [1.807, 2.05) is 0 Å². The summed E-state index contributed by atoms with van der Waals surface area (Å²) in [4.78, 5) is 4.05. The molecule has 0 amide bonds. The number of aromatic nitrogens is 4. The SMILES string of the molecule is Cc1cc(NS(=O)(=O)c2c(N)nc3ccccn23)n(C)n1. The van der Waals surface area contributed by atoms with Crippen molar-refractivity contribution in [1.82, 2.24) is 19.2 Å². The topological polar surface area (TPSA) is 107 Å². The second kappa shape index (κ2) is 4.48. The van der Waals surface area contributed by atoms with Gasteiger partial charge in [-0.05, 0) is 19.1 Å². The zero-order chi connectivity index (χ0) is 15.2. The molecular weight excluding hydrogens is 292 g/mol. The lowest BCUT2D eigenvalue weighted by molar-refractivity contribution is 0.596. The minimum absolute atomic E-state index is 0.0485. The van der Waals surface area contributed by atoms with E-state index < -0.39 is 10.0 Å². The Bertz CT molecular complexity index is 925. The van der Waals surface area contributed by atoms with Gasteiger partial charge in [0.1, 0.15) is 11.5 Å². The highest BCUT2D eigenvalue weighted by molar-refractivity contribution is 7.92. The molecular formula is C12H14N6O2S. The third kappa shape index (κ3) is 2.21. The fourth-order valence-electron chi connectivity index (χ4n) is 2.15. The van der Waals surface area contributed by atoms with E-state index in [0.717, 1.165) is 0 Å². The smallest absolute Gasteiger partial charge is 0.282 e. The van der Waals surface area contributed by atoms with Crippen molar-refractivity contribution in [2.75, 3.05) is 10.5 Å². The van der Waals surface area contributed by atoms with Crippen LogP contribution in [-0.2, 0) is 17.1 Å². The zero-order valence-corrected chi connectivity index (χ0v) is 12.3. The van der Waals surface area contributed by atoms with Crippen molar-refractivity contribution in [2.24, 2.45) is 7.05 Å². The average molecular weight is 306 g/mol. The molecule has 0 aromatic carbocycles. The first kappa shape index (κ1) is 13.4. The van der Waals surface area contributed by atoms with Gasteiger partial charge in [-0.25, -0.2) is 4.98 Å². The molecule has 0 fully saturated rings. The number of sulfonamides is 1. The van der Waals surface area contributed by atoms with Gasteiger partial charge in [-0.3, -0.25) is 13.8 Å². The highest BCUT2D eigenvalue weighted by Crippen LogP contribution is 2.22. The van der Waals surface area contributed by atoms with Crippen molar-refractivity contribution < 1.29 is 8.42 Å². The molecule has 0 atom stereocenters. The number of hydrogen-bond acceptors (Lipinski definition) is 5. The average Bonchev–Trinajstić information content (AvgIpc) is 2.88. The molecule has 0 bridgehead atoms. The van der Waals surface area contributed by atoms with E-state index in [4.69, 9.17) is 5.73 Å². The van der Waals surface area contributed by atoms with E-state index in [2.05, 4.69) is 14.8 Å². The summed E-state index contributed by atoms with van der Waals surface area (Å²) in [5.74, 6) is 0.311. The van der Waals surface area contributed by atoms with Crippen LogP contribution in [0.2, 0.25) is 0 Å². The zero-order valence-electron chi connectivity index (χ0n) is 11.5. The number of nitrogens with two attached hydrogens (primary N) is 1. The van der Waals surface area contributed by atoms with E-state index in [-0.39, 0.29) is 10.8 Å². The summed E-state index contributed by atoms with van der Waals surface area (Å²) in [5, 5.41) is 4.01. The lowest BCUT2D eigenvalue weighted by Crippen LogP contribution is -2.18. The maximum Gasteiger partial charge on any atom is 0.282 e. The number of fused-ring (bicyclic) bond motifs is 1. The number of anilines is 2. The van der Waals surface area contributed by atoms with Crippen LogP contribution in [0.15, 0.2) is 35.5 Å². The summed E-state index contributed by atoms with van der Waals surface area (Å²) in [5.41, 5.74) is 6.94. The molecule has 3 aromatic heterocycles.